The van der Waals surface area contributed by atoms with Crippen molar-refractivity contribution in [2.75, 3.05) is 0 Å². The number of hydrogen-bond donors (Lipinski definition) is 2. The molecule has 0 radical (unpaired) electrons. The Hall–Kier alpha value is -2.69. The van der Waals surface area contributed by atoms with Gasteiger partial charge in [-0.05, 0) is 12.5 Å². The Morgan fingerprint density at radius 2 is 2.21 bits per heavy atom. The third-order valence-electron chi connectivity index (χ3n) is 3.05. The molecule has 3 rings (SSSR count). The van der Waals surface area contributed by atoms with Crippen molar-refractivity contribution in [1.29, 1.82) is 0 Å². The number of rotatable bonds is 2. The van der Waals surface area contributed by atoms with Gasteiger partial charge in [-0.2, -0.15) is 0 Å². The maximum absolute atomic E-state index is 12.3. The largest absolute Gasteiger partial charge is 0.507 e. The van der Waals surface area contributed by atoms with Crippen molar-refractivity contribution in [3.05, 3.63) is 53.0 Å². The first-order valence-corrected chi connectivity index (χ1v) is 5.72. The maximum atomic E-state index is 12.3. The van der Waals surface area contributed by atoms with Gasteiger partial charge in [0.25, 0.3) is 5.56 Å². The molecule has 0 aliphatic heterocycles. The number of fused-ring (bicyclic) bond motifs is 2. The van der Waals surface area contributed by atoms with E-state index in [4.69, 9.17) is 4.42 Å². The number of hydrogen-bond acceptors (Lipinski definition) is 4. The Labute approximate surface area is 107 Å². The van der Waals surface area contributed by atoms with Crippen LogP contribution in [0.2, 0.25) is 0 Å². The summed E-state index contributed by atoms with van der Waals surface area (Å²) in [7, 11) is 0. The van der Waals surface area contributed by atoms with Crippen molar-refractivity contribution in [3.63, 3.8) is 0 Å². The van der Waals surface area contributed by atoms with E-state index in [0.29, 0.717) is 5.71 Å². The van der Waals surface area contributed by atoms with E-state index in [9.17, 15) is 15.0 Å². The minimum absolute atomic E-state index is 0.0540. The van der Waals surface area contributed by atoms with Crippen molar-refractivity contribution >= 4 is 16.7 Å². The lowest BCUT2D eigenvalue weighted by atomic mass is 10.1. The molecule has 0 aliphatic rings. The zero-order chi connectivity index (χ0) is 13.6. The maximum Gasteiger partial charge on any atom is 0.272 e. The fraction of sp³-hybridized carbons (Fsp3) is 0.0714. The molecular formula is C14H11NO4. The molecule has 5 nitrogen and oxygen atoms in total. The molecule has 0 unspecified atom stereocenters. The summed E-state index contributed by atoms with van der Waals surface area (Å²) in [5, 5.41) is 20.1. The van der Waals surface area contributed by atoms with Crippen LogP contribution in [0.3, 0.4) is 0 Å². The molecule has 0 bridgehead atoms. The lowest BCUT2D eigenvalue weighted by Gasteiger charge is -2.08. The summed E-state index contributed by atoms with van der Waals surface area (Å²) in [5.41, 5.74) is 0.386. The van der Waals surface area contributed by atoms with Crippen molar-refractivity contribution in [3.8, 4) is 11.5 Å². The number of nitrogens with zero attached hydrogens (tertiary/aromatic N) is 1. The Bertz CT molecular complexity index is 857. The fourth-order valence-corrected chi connectivity index (χ4v) is 2.15. The number of phenols is 2. The van der Waals surface area contributed by atoms with Crippen LogP contribution in [0, 0.1) is 0 Å². The Morgan fingerprint density at radius 1 is 1.42 bits per heavy atom. The fourth-order valence-electron chi connectivity index (χ4n) is 2.15. The first-order chi connectivity index (χ1) is 9.13. The van der Waals surface area contributed by atoms with Gasteiger partial charge in [0.15, 0.2) is 0 Å². The summed E-state index contributed by atoms with van der Waals surface area (Å²) >= 11 is 0. The lowest BCUT2D eigenvalue weighted by Crippen LogP contribution is -2.12. The molecule has 2 aromatic heterocycles. The third-order valence-corrected chi connectivity index (χ3v) is 3.05. The molecule has 0 atom stereocenters. The van der Waals surface area contributed by atoms with Crippen LogP contribution in [0.1, 0.15) is 5.56 Å². The molecule has 0 fully saturated rings. The summed E-state index contributed by atoms with van der Waals surface area (Å²) < 4.78 is 6.78. The highest BCUT2D eigenvalue weighted by Gasteiger charge is 2.17. The van der Waals surface area contributed by atoms with Crippen LogP contribution in [0.15, 0.2) is 46.3 Å². The van der Waals surface area contributed by atoms with Crippen LogP contribution in [-0.2, 0) is 6.42 Å². The van der Waals surface area contributed by atoms with E-state index >= 15 is 0 Å². The summed E-state index contributed by atoms with van der Waals surface area (Å²) in [6.45, 7) is 3.55. The number of allylic oxidation sites excluding steroid dienone is 1. The summed E-state index contributed by atoms with van der Waals surface area (Å²) in [4.78, 5) is 12.3. The molecule has 0 aliphatic carbocycles. The molecule has 0 amide bonds. The summed E-state index contributed by atoms with van der Waals surface area (Å²) in [5.74, 6) is -0.386. The second-order valence-corrected chi connectivity index (χ2v) is 4.21. The van der Waals surface area contributed by atoms with E-state index in [-0.39, 0.29) is 40.0 Å². The third kappa shape index (κ3) is 1.52. The van der Waals surface area contributed by atoms with Gasteiger partial charge in [0.1, 0.15) is 22.5 Å². The molecule has 2 heterocycles. The van der Waals surface area contributed by atoms with Crippen LogP contribution >= 0.6 is 0 Å². The second kappa shape index (κ2) is 3.91. The average Bonchev–Trinajstić information content (AvgIpc) is 2.82. The van der Waals surface area contributed by atoms with Crippen LogP contribution < -0.4 is 5.56 Å². The van der Waals surface area contributed by atoms with E-state index in [1.807, 2.05) is 0 Å². The van der Waals surface area contributed by atoms with Crippen molar-refractivity contribution in [2.24, 2.45) is 0 Å². The van der Waals surface area contributed by atoms with Gasteiger partial charge in [-0.15, -0.1) is 6.58 Å². The Kier molecular flexibility index (Phi) is 2.35. The molecule has 0 saturated heterocycles. The standard InChI is InChI=1S/C14H11NO4/c1-2-4-8-9(16)7-10-12(13(8)17)14(18)15-6-3-5-11(15)19-10/h2-3,5-7,16-17H,1,4H2. The zero-order valence-electron chi connectivity index (χ0n) is 9.96. The highest BCUT2D eigenvalue weighted by atomic mass is 16.3. The predicted molar refractivity (Wildman–Crippen MR) is 70.7 cm³/mol. The van der Waals surface area contributed by atoms with Gasteiger partial charge in [0.05, 0.1) is 0 Å². The van der Waals surface area contributed by atoms with Crippen LogP contribution in [-0.4, -0.2) is 14.6 Å². The van der Waals surface area contributed by atoms with Gasteiger partial charge >= 0.3 is 0 Å². The highest BCUT2D eigenvalue weighted by molar-refractivity contribution is 5.87. The van der Waals surface area contributed by atoms with Gasteiger partial charge in [-0.3, -0.25) is 9.20 Å². The molecule has 96 valence electrons. The molecule has 0 saturated carbocycles. The monoisotopic (exact) mass is 257 g/mol. The number of aromatic hydroxyl groups is 2. The molecule has 1 aromatic carbocycles. The van der Waals surface area contributed by atoms with Crippen LogP contribution in [0.4, 0.5) is 0 Å². The molecule has 19 heavy (non-hydrogen) atoms. The minimum Gasteiger partial charge on any atom is -0.507 e. The number of phenolic OH excluding ortho intramolecular Hbond substituents is 2. The first kappa shape index (κ1) is 11.4. The highest BCUT2D eigenvalue weighted by Crippen LogP contribution is 2.34. The van der Waals surface area contributed by atoms with Gasteiger partial charge < -0.3 is 14.6 Å². The van der Waals surface area contributed by atoms with Crippen LogP contribution in [0.5, 0.6) is 11.5 Å². The molecule has 5 heteroatoms. The minimum atomic E-state index is -0.385. The van der Waals surface area contributed by atoms with E-state index in [1.54, 1.807) is 18.3 Å². The molecule has 0 spiro atoms. The Morgan fingerprint density at radius 3 is 2.95 bits per heavy atom. The van der Waals surface area contributed by atoms with Crippen molar-refractivity contribution in [2.45, 2.75) is 6.42 Å². The van der Waals surface area contributed by atoms with Gasteiger partial charge in [-0.1, -0.05) is 6.08 Å². The molecular weight excluding hydrogens is 246 g/mol. The summed E-state index contributed by atoms with van der Waals surface area (Å²) in [6.07, 6.45) is 3.35. The topological polar surface area (TPSA) is 75.1 Å². The summed E-state index contributed by atoms with van der Waals surface area (Å²) in [6, 6.07) is 4.63. The quantitative estimate of drug-likeness (QED) is 0.690. The van der Waals surface area contributed by atoms with Gasteiger partial charge in [0, 0.05) is 23.9 Å². The SMILES string of the molecule is C=CCc1c(O)cc2oc3cccn3c(=O)c2c1O. The van der Waals surface area contributed by atoms with Gasteiger partial charge in [-0.25, -0.2) is 0 Å². The second-order valence-electron chi connectivity index (χ2n) is 4.21. The number of aromatic nitrogens is 1. The Balaban J connectivity index is 2.53. The number of benzene rings is 1. The molecule has 2 N–H and O–H groups in total. The van der Waals surface area contributed by atoms with E-state index in [1.165, 1.54) is 16.5 Å². The predicted octanol–water partition coefficient (Wildman–Crippen LogP) is 2.19. The van der Waals surface area contributed by atoms with Crippen LogP contribution in [0.25, 0.3) is 16.7 Å². The first-order valence-electron chi connectivity index (χ1n) is 5.72. The van der Waals surface area contributed by atoms with E-state index in [0.717, 1.165) is 0 Å². The van der Waals surface area contributed by atoms with E-state index in [2.05, 4.69) is 6.58 Å². The van der Waals surface area contributed by atoms with Gasteiger partial charge in [0.2, 0.25) is 5.71 Å². The lowest BCUT2D eigenvalue weighted by molar-refractivity contribution is 0.442. The van der Waals surface area contributed by atoms with Crippen molar-refractivity contribution in [1.82, 2.24) is 4.40 Å². The molecule has 3 aromatic rings. The van der Waals surface area contributed by atoms with E-state index < -0.39 is 0 Å². The van der Waals surface area contributed by atoms with Crippen molar-refractivity contribution < 1.29 is 14.6 Å². The zero-order valence-corrected chi connectivity index (χ0v) is 9.96. The normalized spacial score (nSPS) is 11.2. The smallest absolute Gasteiger partial charge is 0.272 e. The average molecular weight is 257 g/mol.